The first-order chi connectivity index (χ1) is 25.2. The van der Waals surface area contributed by atoms with Gasteiger partial charge in [-0.2, -0.15) is 0 Å². The fourth-order valence-corrected chi connectivity index (χ4v) is 8.63. The molecule has 10 rings (SSSR count). The van der Waals surface area contributed by atoms with Crippen molar-refractivity contribution in [3.8, 4) is 11.4 Å². The van der Waals surface area contributed by atoms with Gasteiger partial charge in [0.15, 0.2) is 0 Å². The highest BCUT2D eigenvalue weighted by Gasteiger charge is 2.28. The van der Waals surface area contributed by atoms with Gasteiger partial charge in [0.1, 0.15) is 0 Å². The van der Waals surface area contributed by atoms with Gasteiger partial charge in [-0.15, -0.1) is 0 Å². The summed E-state index contributed by atoms with van der Waals surface area (Å²) in [4.78, 5) is 0. The summed E-state index contributed by atoms with van der Waals surface area (Å²) in [6.07, 6.45) is 2.21. The topological polar surface area (TPSA) is 9.86 Å². The van der Waals surface area contributed by atoms with Gasteiger partial charge in [0.05, 0.1) is 16.6 Å². The van der Waals surface area contributed by atoms with Gasteiger partial charge in [0.25, 0.3) is 0 Å². The molecule has 0 spiro atoms. The molecular formula is C49H36N2. The molecule has 0 aliphatic heterocycles. The van der Waals surface area contributed by atoms with Gasteiger partial charge >= 0.3 is 0 Å². The SMILES string of the molecule is CC(c1ccccc1)C(c1ccccc1)c1cc2ccccc2c2ccc3c(c4cc5ccn(-c6ccccc6)c5cc4n3-c3ccccc3)c12. The molecule has 0 radical (unpaired) electrons. The van der Waals surface area contributed by atoms with E-state index in [4.69, 9.17) is 0 Å². The predicted molar refractivity (Wildman–Crippen MR) is 216 cm³/mol. The molecule has 0 fully saturated rings. The molecule has 0 aliphatic carbocycles. The van der Waals surface area contributed by atoms with E-state index in [2.05, 4.69) is 204 Å². The Labute approximate surface area is 297 Å². The van der Waals surface area contributed by atoms with Crippen LogP contribution < -0.4 is 0 Å². The second kappa shape index (κ2) is 11.9. The van der Waals surface area contributed by atoms with E-state index in [0.29, 0.717) is 0 Å². The average molecular weight is 653 g/mol. The summed E-state index contributed by atoms with van der Waals surface area (Å²) < 4.78 is 4.79. The molecule has 8 aromatic carbocycles. The summed E-state index contributed by atoms with van der Waals surface area (Å²) >= 11 is 0. The molecule has 0 saturated carbocycles. The minimum Gasteiger partial charge on any atom is -0.316 e. The Kier molecular flexibility index (Phi) is 6.89. The Balaban J connectivity index is 1.39. The molecule has 0 bridgehead atoms. The van der Waals surface area contributed by atoms with Crippen LogP contribution in [0.25, 0.3) is 65.6 Å². The molecule has 2 aromatic heterocycles. The van der Waals surface area contributed by atoms with Crippen LogP contribution in [0.2, 0.25) is 0 Å². The smallest absolute Gasteiger partial charge is 0.0562 e. The lowest BCUT2D eigenvalue weighted by Gasteiger charge is -2.28. The molecule has 51 heavy (non-hydrogen) atoms. The number of benzene rings is 8. The summed E-state index contributed by atoms with van der Waals surface area (Å²) in [6, 6.07) is 66.9. The number of hydrogen-bond donors (Lipinski definition) is 0. The Bertz CT molecular complexity index is 2850. The quantitative estimate of drug-likeness (QED) is 0.158. The minimum absolute atomic E-state index is 0.129. The van der Waals surface area contributed by atoms with Gasteiger partial charge < -0.3 is 9.13 Å². The maximum absolute atomic E-state index is 2.49. The van der Waals surface area contributed by atoms with Crippen LogP contribution in [0.3, 0.4) is 0 Å². The van der Waals surface area contributed by atoms with Crippen LogP contribution in [0, 0.1) is 0 Å². The lowest BCUT2D eigenvalue weighted by molar-refractivity contribution is 0.662. The largest absolute Gasteiger partial charge is 0.316 e. The third-order valence-electron chi connectivity index (χ3n) is 11.0. The van der Waals surface area contributed by atoms with Crippen LogP contribution in [0.4, 0.5) is 0 Å². The molecule has 242 valence electrons. The third kappa shape index (κ3) is 4.71. The van der Waals surface area contributed by atoms with E-state index in [0.717, 1.165) is 11.4 Å². The summed E-state index contributed by atoms with van der Waals surface area (Å²) in [7, 11) is 0. The fourth-order valence-electron chi connectivity index (χ4n) is 8.63. The third-order valence-corrected chi connectivity index (χ3v) is 11.0. The maximum atomic E-state index is 2.49. The summed E-state index contributed by atoms with van der Waals surface area (Å²) in [6.45, 7) is 2.40. The lowest BCUT2D eigenvalue weighted by atomic mass is 9.75. The van der Waals surface area contributed by atoms with Gasteiger partial charge in [0, 0.05) is 39.6 Å². The van der Waals surface area contributed by atoms with Crippen molar-refractivity contribution in [2.45, 2.75) is 18.8 Å². The molecule has 0 saturated heterocycles. The van der Waals surface area contributed by atoms with E-state index in [9.17, 15) is 0 Å². The Morgan fingerprint density at radius 3 is 1.76 bits per heavy atom. The molecule has 0 N–H and O–H groups in total. The molecule has 2 heteroatoms. The molecule has 2 heterocycles. The van der Waals surface area contributed by atoms with Crippen molar-refractivity contribution in [3.63, 3.8) is 0 Å². The van der Waals surface area contributed by atoms with E-state index in [1.807, 2.05) is 0 Å². The van der Waals surface area contributed by atoms with Crippen molar-refractivity contribution in [2.24, 2.45) is 0 Å². The molecule has 10 aromatic rings. The van der Waals surface area contributed by atoms with Crippen molar-refractivity contribution in [3.05, 3.63) is 205 Å². The molecule has 2 unspecified atom stereocenters. The zero-order valence-electron chi connectivity index (χ0n) is 28.4. The van der Waals surface area contributed by atoms with E-state index in [1.165, 1.54) is 70.9 Å². The van der Waals surface area contributed by atoms with Gasteiger partial charge in [-0.1, -0.05) is 134 Å². The average Bonchev–Trinajstić information content (AvgIpc) is 3.76. The van der Waals surface area contributed by atoms with Crippen molar-refractivity contribution in [1.82, 2.24) is 9.13 Å². The van der Waals surface area contributed by atoms with Crippen LogP contribution in [0.15, 0.2) is 188 Å². The number of nitrogens with zero attached hydrogens (tertiary/aromatic N) is 2. The zero-order valence-corrected chi connectivity index (χ0v) is 28.4. The minimum atomic E-state index is 0.129. The monoisotopic (exact) mass is 652 g/mol. The Hall–Kier alpha value is -6.38. The van der Waals surface area contributed by atoms with Crippen LogP contribution in [-0.2, 0) is 0 Å². The first-order valence-electron chi connectivity index (χ1n) is 17.9. The zero-order chi connectivity index (χ0) is 33.9. The maximum Gasteiger partial charge on any atom is 0.0562 e. The standard InChI is InChI=1S/C49H36N2/c1-33(34-16-6-2-7-17-34)47(35-18-8-3-9-19-35)43-30-36-20-14-15-25-40(36)41-26-27-44-49(48(41)43)42-31-37-28-29-50(38-21-10-4-11-22-38)45(37)32-46(42)51(44)39-23-12-5-13-24-39/h2-33,47H,1H3. The van der Waals surface area contributed by atoms with Crippen molar-refractivity contribution in [2.75, 3.05) is 0 Å². The van der Waals surface area contributed by atoms with Crippen LogP contribution in [0.5, 0.6) is 0 Å². The van der Waals surface area contributed by atoms with Crippen molar-refractivity contribution < 1.29 is 0 Å². The second-order valence-corrected chi connectivity index (χ2v) is 13.8. The first kappa shape index (κ1) is 29.5. The normalized spacial score (nSPS) is 13.0. The molecule has 0 aliphatic rings. The van der Waals surface area contributed by atoms with Gasteiger partial charge in [-0.3, -0.25) is 0 Å². The molecular weight excluding hydrogens is 617 g/mol. The number of para-hydroxylation sites is 2. The highest BCUT2D eigenvalue weighted by Crippen LogP contribution is 2.48. The summed E-state index contributed by atoms with van der Waals surface area (Å²) in [5.41, 5.74) is 9.99. The van der Waals surface area contributed by atoms with Crippen LogP contribution >= 0.6 is 0 Å². The van der Waals surface area contributed by atoms with Gasteiger partial charge in [-0.25, -0.2) is 0 Å². The van der Waals surface area contributed by atoms with E-state index >= 15 is 0 Å². The lowest BCUT2D eigenvalue weighted by Crippen LogP contribution is -2.11. The van der Waals surface area contributed by atoms with Crippen molar-refractivity contribution in [1.29, 1.82) is 0 Å². The first-order valence-corrected chi connectivity index (χ1v) is 17.9. The number of aromatic nitrogens is 2. The van der Waals surface area contributed by atoms with Gasteiger partial charge in [0.2, 0.25) is 0 Å². The fraction of sp³-hybridized carbons (Fsp3) is 0.0612. The highest BCUT2D eigenvalue weighted by molar-refractivity contribution is 6.27. The number of rotatable bonds is 6. The summed E-state index contributed by atoms with van der Waals surface area (Å²) in [5, 5.41) is 9.00. The van der Waals surface area contributed by atoms with Gasteiger partial charge in [-0.05, 0) is 98.8 Å². The molecule has 2 nitrogen and oxygen atoms in total. The second-order valence-electron chi connectivity index (χ2n) is 13.8. The number of hydrogen-bond acceptors (Lipinski definition) is 0. The van der Waals surface area contributed by atoms with Crippen LogP contribution in [0.1, 0.15) is 35.4 Å². The van der Waals surface area contributed by atoms with E-state index in [1.54, 1.807) is 0 Å². The van der Waals surface area contributed by atoms with E-state index in [-0.39, 0.29) is 11.8 Å². The highest BCUT2D eigenvalue weighted by atomic mass is 15.0. The predicted octanol–water partition coefficient (Wildman–Crippen LogP) is 13.0. The van der Waals surface area contributed by atoms with Crippen molar-refractivity contribution >= 4 is 54.3 Å². The van der Waals surface area contributed by atoms with Crippen LogP contribution in [-0.4, -0.2) is 9.13 Å². The molecule has 2 atom stereocenters. The Morgan fingerprint density at radius 1 is 0.412 bits per heavy atom. The number of fused-ring (bicyclic) bond motifs is 8. The summed E-state index contributed by atoms with van der Waals surface area (Å²) in [5.74, 6) is 0.367. The van der Waals surface area contributed by atoms with E-state index < -0.39 is 0 Å². The molecule has 0 amide bonds. The Morgan fingerprint density at radius 2 is 1.04 bits per heavy atom.